The van der Waals surface area contributed by atoms with Crippen LogP contribution in [0, 0.1) is 0 Å². The number of hydrogen-bond acceptors (Lipinski definition) is 4. The Balaban J connectivity index is 1.58. The third-order valence-electron chi connectivity index (χ3n) is 5.53. The second-order valence-electron chi connectivity index (χ2n) is 7.39. The average molecular weight is 379 g/mol. The molecular formula is C21H25N5O2. The predicted octanol–water partition coefficient (Wildman–Crippen LogP) is 3.41. The Bertz CT molecular complexity index is 951. The molecule has 2 N–H and O–H groups in total. The zero-order valence-electron chi connectivity index (χ0n) is 16.2. The third-order valence-corrected chi connectivity index (χ3v) is 5.53. The first-order valence-corrected chi connectivity index (χ1v) is 9.61. The number of rotatable bonds is 5. The van der Waals surface area contributed by atoms with E-state index < -0.39 is 0 Å². The highest BCUT2D eigenvalue weighted by atomic mass is 16.5. The van der Waals surface area contributed by atoms with E-state index in [9.17, 15) is 4.79 Å². The van der Waals surface area contributed by atoms with Crippen LogP contribution in [0.4, 0.5) is 0 Å². The van der Waals surface area contributed by atoms with E-state index in [-0.39, 0.29) is 11.4 Å². The maximum Gasteiger partial charge on any atom is 0.270 e. The fourth-order valence-electron chi connectivity index (χ4n) is 3.98. The summed E-state index contributed by atoms with van der Waals surface area (Å²) in [6.07, 6.45) is 8.84. The lowest BCUT2D eigenvalue weighted by molar-refractivity contribution is 0.0861. The molecule has 0 bridgehead atoms. The number of aromatic nitrogens is 4. The summed E-state index contributed by atoms with van der Waals surface area (Å²) in [7, 11) is 3.51. The Morgan fingerprint density at radius 1 is 1.21 bits per heavy atom. The highest BCUT2D eigenvalue weighted by molar-refractivity contribution is 5.94. The topological polar surface area (TPSA) is 84.8 Å². The van der Waals surface area contributed by atoms with Gasteiger partial charge in [0.05, 0.1) is 24.5 Å². The van der Waals surface area contributed by atoms with Gasteiger partial charge in [-0.2, -0.15) is 10.2 Å². The molecule has 1 aliphatic rings. The van der Waals surface area contributed by atoms with Crippen LogP contribution < -0.4 is 10.1 Å². The summed E-state index contributed by atoms with van der Waals surface area (Å²) in [5.74, 6) is 0.677. The molecule has 0 radical (unpaired) electrons. The molecule has 2 heterocycles. The van der Waals surface area contributed by atoms with Gasteiger partial charge in [0.2, 0.25) is 0 Å². The lowest BCUT2D eigenvalue weighted by atomic mass is 9.76. The van der Waals surface area contributed by atoms with E-state index in [1.165, 1.54) is 6.42 Å². The van der Waals surface area contributed by atoms with E-state index in [4.69, 9.17) is 4.74 Å². The lowest BCUT2D eigenvalue weighted by Gasteiger charge is -2.38. The minimum Gasteiger partial charge on any atom is -0.497 e. The van der Waals surface area contributed by atoms with E-state index in [0.29, 0.717) is 11.4 Å². The Hall–Kier alpha value is -3.09. The smallest absolute Gasteiger partial charge is 0.270 e. The van der Waals surface area contributed by atoms with Gasteiger partial charge in [-0.1, -0.05) is 31.4 Å². The van der Waals surface area contributed by atoms with Crippen molar-refractivity contribution in [3.8, 4) is 17.0 Å². The van der Waals surface area contributed by atoms with Crippen molar-refractivity contribution in [1.29, 1.82) is 0 Å². The number of nitrogens with zero attached hydrogens (tertiary/aromatic N) is 3. The Labute approximate surface area is 164 Å². The molecule has 3 aromatic rings. The molecule has 2 aromatic heterocycles. The molecule has 4 rings (SSSR count). The number of amides is 1. The van der Waals surface area contributed by atoms with Gasteiger partial charge < -0.3 is 10.1 Å². The molecule has 0 unspecified atom stereocenters. The molecule has 28 heavy (non-hydrogen) atoms. The molecule has 7 nitrogen and oxygen atoms in total. The zero-order valence-corrected chi connectivity index (χ0v) is 16.2. The number of carbonyl (C=O) groups excluding carboxylic acids is 1. The first-order valence-electron chi connectivity index (χ1n) is 9.61. The van der Waals surface area contributed by atoms with Gasteiger partial charge in [-0.05, 0) is 36.6 Å². The number of nitrogens with one attached hydrogen (secondary N) is 2. The molecule has 7 heteroatoms. The van der Waals surface area contributed by atoms with Gasteiger partial charge in [0.25, 0.3) is 5.91 Å². The predicted molar refractivity (Wildman–Crippen MR) is 106 cm³/mol. The molecule has 0 saturated heterocycles. The van der Waals surface area contributed by atoms with E-state index in [1.54, 1.807) is 24.1 Å². The third kappa shape index (κ3) is 3.52. The van der Waals surface area contributed by atoms with Crippen molar-refractivity contribution in [2.45, 2.75) is 37.6 Å². The maximum atomic E-state index is 13.0. The van der Waals surface area contributed by atoms with Crippen molar-refractivity contribution in [3.05, 3.63) is 54.0 Å². The number of benzene rings is 1. The second-order valence-corrected chi connectivity index (χ2v) is 7.39. The number of carbonyl (C=O) groups is 1. The molecule has 146 valence electrons. The first kappa shape index (κ1) is 18.3. The van der Waals surface area contributed by atoms with Gasteiger partial charge in [-0.3, -0.25) is 14.6 Å². The number of aromatic amines is 1. The number of ether oxygens (including phenoxy) is 1. The van der Waals surface area contributed by atoms with Crippen molar-refractivity contribution >= 4 is 5.91 Å². The van der Waals surface area contributed by atoms with Crippen LogP contribution in [0.15, 0.2) is 42.7 Å². The monoisotopic (exact) mass is 379 g/mol. The molecule has 1 aromatic carbocycles. The molecular weight excluding hydrogens is 354 g/mol. The van der Waals surface area contributed by atoms with Gasteiger partial charge in [0.15, 0.2) is 0 Å². The van der Waals surface area contributed by atoms with Gasteiger partial charge in [0, 0.05) is 18.8 Å². The molecule has 1 amide bonds. The minimum absolute atomic E-state index is 0.139. The van der Waals surface area contributed by atoms with Crippen molar-refractivity contribution < 1.29 is 9.53 Å². The summed E-state index contributed by atoms with van der Waals surface area (Å²) in [4.78, 5) is 13.0. The summed E-state index contributed by atoms with van der Waals surface area (Å²) >= 11 is 0. The lowest BCUT2D eigenvalue weighted by Crippen LogP contribution is -2.47. The summed E-state index contributed by atoms with van der Waals surface area (Å²) in [6, 6.07) is 9.79. The van der Waals surface area contributed by atoms with Crippen molar-refractivity contribution in [3.63, 3.8) is 0 Å². The van der Waals surface area contributed by atoms with Crippen molar-refractivity contribution in [1.82, 2.24) is 25.3 Å². The fraction of sp³-hybridized carbons (Fsp3) is 0.381. The van der Waals surface area contributed by atoms with E-state index in [2.05, 4.69) is 32.7 Å². The maximum absolute atomic E-state index is 13.0. The molecule has 0 atom stereocenters. The fourth-order valence-corrected chi connectivity index (χ4v) is 3.98. The van der Waals surface area contributed by atoms with Crippen LogP contribution >= 0.6 is 0 Å². The average Bonchev–Trinajstić information content (AvgIpc) is 3.38. The van der Waals surface area contributed by atoms with E-state index in [0.717, 1.165) is 42.6 Å². The largest absolute Gasteiger partial charge is 0.497 e. The zero-order chi connectivity index (χ0) is 19.6. The SMILES string of the molecule is COc1ccc(C2(NC(=O)c3cc(-c4cnn(C)c4)n[nH]3)CCCCC2)cc1. The molecule has 0 spiro atoms. The molecule has 1 aliphatic carbocycles. The molecule has 1 saturated carbocycles. The van der Waals surface area contributed by atoms with Crippen molar-refractivity contribution in [2.75, 3.05) is 7.11 Å². The molecule has 0 aliphatic heterocycles. The number of H-pyrrole nitrogens is 1. The second kappa shape index (κ2) is 7.50. The Kier molecular flexibility index (Phi) is 4.90. The van der Waals surface area contributed by atoms with Crippen LogP contribution in [-0.4, -0.2) is 33.0 Å². The van der Waals surface area contributed by atoms with E-state index >= 15 is 0 Å². The van der Waals surface area contributed by atoms with Crippen LogP contribution in [0.2, 0.25) is 0 Å². The Morgan fingerprint density at radius 3 is 2.61 bits per heavy atom. The van der Waals surface area contributed by atoms with Crippen LogP contribution in [0.5, 0.6) is 5.75 Å². The summed E-state index contributed by atoms with van der Waals surface area (Å²) in [6.45, 7) is 0. The van der Waals surface area contributed by atoms with Gasteiger partial charge in [-0.25, -0.2) is 0 Å². The van der Waals surface area contributed by atoms with Crippen LogP contribution in [0.25, 0.3) is 11.3 Å². The number of methoxy groups -OCH3 is 1. The van der Waals surface area contributed by atoms with Gasteiger partial charge in [-0.15, -0.1) is 0 Å². The number of aryl methyl sites for hydroxylation is 1. The van der Waals surface area contributed by atoms with Crippen LogP contribution in [0.1, 0.15) is 48.2 Å². The molecule has 1 fully saturated rings. The van der Waals surface area contributed by atoms with Crippen molar-refractivity contribution in [2.24, 2.45) is 7.05 Å². The standard InChI is InChI=1S/C21H25N5O2/c1-26-14-15(13-22-26)18-12-19(25-24-18)20(27)23-21(10-4-3-5-11-21)16-6-8-17(28-2)9-7-16/h6-9,12-14H,3-5,10-11H2,1-2H3,(H,23,27)(H,24,25). The van der Waals surface area contributed by atoms with Crippen LogP contribution in [0.3, 0.4) is 0 Å². The highest BCUT2D eigenvalue weighted by Gasteiger charge is 2.36. The summed E-state index contributed by atoms with van der Waals surface area (Å²) in [5.41, 5.74) is 2.80. The summed E-state index contributed by atoms with van der Waals surface area (Å²) in [5, 5.41) is 14.6. The number of hydrogen-bond donors (Lipinski definition) is 2. The normalized spacial score (nSPS) is 15.9. The van der Waals surface area contributed by atoms with Gasteiger partial charge in [0.1, 0.15) is 11.4 Å². The summed E-state index contributed by atoms with van der Waals surface area (Å²) < 4.78 is 6.99. The Morgan fingerprint density at radius 2 is 1.96 bits per heavy atom. The minimum atomic E-state index is -0.360. The highest BCUT2D eigenvalue weighted by Crippen LogP contribution is 2.38. The first-order chi connectivity index (χ1) is 13.6. The quantitative estimate of drug-likeness (QED) is 0.711. The van der Waals surface area contributed by atoms with Gasteiger partial charge >= 0.3 is 0 Å². The van der Waals surface area contributed by atoms with E-state index in [1.807, 2.05) is 25.4 Å². The van der Waals surface area contributed by atoms with Crippen LogP contribution in [-0.2, 0) is 12.6 Å².